The molecule has 108 valence electrons. The van der Waals surface area contributed by atoms with Crippen molar-refractivity contribution in [2.45, 2.75) is 13.3 Å². The van der Waals surface area contributed by atoms with E-state index in [4.69, 9.17) is 5.11 Å². The van der Waals surface area contributed by atoms with Crippen LogP contribution in [0.1, 0.15) is 27.7 Å². The minimum atomic E-state index is -1.03. The topological polar surface area (TPSA) is 66.4 Å². The summed E-state index contributed by atoms with van der Waals surface area (Å²) in [5.74, 6) is -1.38. The summed E-state index contributed by atoms with van der Waals surface area (Å²) < 4.78 is 0. The van der Waals surface area contributed by atoms with E-state index in [0.717, 1.165) is 16.9 Å². The van der Waals surface area contributed by atoms with Gasteiger partial charge in [0, 0.05) is 11.0 Å². The van der Waals surface area contributed by atoms with Gasteiger partial charge in [0.25, 0.3) is 0 Å². The smallest absolute Gasteiger partial charge is 0.338 e. The summed E-state index contributed by atoms with van der Waals surface area (Å²) in [6, 6.07) is 11.0. The number of aromatic carboxylic acids is 1. The Morgan fingerprint density at radius 3 is 2.62 bits per heavy atom. The molecule has 0 aliphatic carbocycles. The van der Waals surface area contributed by atoms with E-state index in [0.29, 0.717) is 5.00 Å². The van der Waals surface area contributed by atoms with E-state index in [1.54, 1.807) is 12.1 Å². The van der Waals surface area contributed by atoms with E-state index in [1.807, 2.05) is 37.3 Å². The van der Waals surface area contributed by atoms with Crippen molar-refractivity contribution in [3.63, 3.8) is 0 Å². The molecule has 4 nitrogen and oxygen atoms in total. The van der Waals surface area contributed by atoms with Crippen LogP contribution < -0.4 is 5.32 Å². The van der Waals surface area contributed by atoms with Crippen molar-refractivity contribution in [1.29, 1.82) is 0 Å². The van der Waals surface area contributed by atoms with Crippen molar-refractivity contribution >= 4 is 34.3 Å². The van der Waals surface area contributed by atoms with E-state index in [2.05, 4.69) is 5.32 Å². The first-order chi connectivity index (χ1) is 10.1. The molecule has 0 saturated carbocycles. The first-order valence-electron chi connectivity index (χ1n) is 6.50. The van der Waals surface area contributed by atoms with Gasteiger partial charge in [0.2, 0.25) is 5.91 Å². The molecular weight excluding hydrogens is 286 g/mol. The van der Waals surface area contributed by atoms with E-state index >= 15 is 0 Å². The van der Waals surface area contributed by atoms with Crippen LogP contribution in [0.2, 0.25) is 0 Å². The van der Waals surface area contributed by atoms with Gasteiger partial charge in [0.15, 0.2) is 0 Å². The van der Waals surface area contributed by atoms with Crippen molar-refractivity contribution in [2.75, 3.05) is 5.32 Å². The molecule has 2 N–H and O–H groups in total. The number of carbonyl (C=O) groups excluding carboxylic acids is 1. The number of anilines is 1. The second kappa shape index (κ2) is 6.85. The molecule has 0 spiro atoms. The standard InChI is InChI=1S/C16H15NO3S/c1-2-12-10-13(16(19)20)15(21-12)17-14(18)9-8-11-6-4-3-5-7-11/h3-10H,2H2,1H3,(H,17,18)(H,19,20)/b9-8+. The zero-order valence-corrected chi connectivity index (χ0v) is 12.3. The van der Waals surface area contributed by atoms with Gasteiger partial charge < -0.3 is 10.4 Å². The summed E-state index contributed by atoms with van der Waals surface area (Å²) in [5.41, 5.74) is 1.05. The lowest BCUT2D eigenvalue weighted by Crippen LogP contribution is -2.09. The van der Waals surface area contributed by atoms with Gasteiger partial charge in [-0.15, -0.1) is 11.3 Å². The molecule has 0 saturated heterocycles. The fourth-order valence-electron chi connectivity index (χ4n) is 1.76. The molecule has 0 radical (unpaired) electrons. The Labute approximate surface area is 126 Å². The molecule has 1 aromatic heterocycles. The fraction of sp³-hybridized carbons (Fsp3) is 0.125. The van der Waals surface area contributed by atoms with Crippen LogP contribution in [0.25, 0.3) is 6.08 Å². The Morgan fingerprint density at radius 2 is 2.00 bits per heavy atom. The number of carbonyl (C=O) groups is 2. The summed E-state index contributed by atoms with van der Waals surface area (Å²) in [4.78, 5) is 23.9. The molecule has 2 aromatic rings. The van der Waals surface area contributed by atoms with Crippen LogP contribution in [0.5, 0.6) is 0 Å². The third-order valence-corrected chi connectivity index (χ3v) is 4.02. The van der Waals surface area contributed by atoms with Gasteiger partial charge >= 0.3 is 5.97 Å². The second-order valence-electron chi connectivity index (χ2n) is 4.35. The molecule has 1 amide bonds. The zero-order chi connectivity index (χ0) is 15.2. The zero-order valence-electron chi connectivity index (χ0n) is 11.5. The molecular formula is C16H15NO3S. The number of aryl methyl sites for hydroxylation is 1. The Kier molecular flexibility index (Phi) is 4.90. The predicted octanol–water partition coefficient (Wildman–Crippen LogP) is 3.66. The summed E-state index contributed by atoms with van der Waals surface area (Å²) >= 11 is 1.29. The molecule has 0 aliphatic heterocycles. The number of nitrogens with one attached hydrogen (secondary N) is 1. The minimum Gasteiger partial charge on any atom is -0.478 e. The molecule has 0 fully saturated rings. The number of amides is 1. The normalized spacial score (nSPS) is 10.7. The number of carboxylic acids is 1. The summed E-state index contributed by atoms with van der Waals surface area (Å²) in [6.07, 6.45) is 3.82. The van der Waals surface area contributed by atoms with Gasteiger partial charge in [-0.05, 0) is 24.1 Å². The summed E-state index contributed by atoms with van der Waals surface area (Å²) in [7, 11) is 0. The minimum absolute atomic E-state index is 0.137. The lowest BCUT2D eigenvalue weighted by molar-refractivity contribution is -0.111. The van der Waals surface area contributed by atoms with Crippen molar-refractivity contribution in [3.05, 3.63) is 58.5 Å². The van der Waals surface area contributed by atoms with Crippen molar-refractivity contribution in [3.8, 4) is 0 Å². The van der Waals surface area contributed by atoms with Gasteiger partial charge in [0.05, 0.1) is 5.56 Å². The average Bonchev–Trinajstić information content (AvgIpc) is 2.89. The molecule has 0 atom stereocenters. The molecule has 0 unspecified atom stereocenters. The highest BCUT2D eigenvalue weighted by molar-refractivity contribution is 7.16. The quantitative estimate of drug-likeness (QED) is 0.828. The maximum absolute atomic E-state index is 11.9. The van der Waals surface area contributed by atoms with Crippen LogP contribution in [0.15, 0.2) is 42.5 Å². The van der Waals surface area contributed by atoms with Gasteiger partial charge in [-0.3, -0.25) is 4.79 Å². The first kappa shape index (κ1) is 15.0. The second-order valence-corrected chi connectivity index (χ2v) is 5.48. The van der Waals surface area contributed by atoms with Crippen molar-refractivity contribution in [1.82, 2.24) is 0 Å². The predicted molar refractivity (Wildman–Crippen MR) is 84.8 cm³/mol. The number of hydrogen-bond acceptors (Lipinski definition) is 3. The van der Waals surface area contributed by atoms with Gasteiger partial charge in [-0.25, -0.2) is 4.79 Å². The number of benzene rings is 1. The number of thiophene rings is 1. The van der Waals surface area contributed by atoms with Gasteiger partial charge in [-0.1, -0.05) is 37.3 Å². The molecule has 1 heterocycles. The molecule has 1 aromatic carbocycles. The SMILES string of the molecule is CCc1cc(C(=O)O)c(NC(=O)/C=C/c2ccccc2)s1. The highest BCUT2D eigenvalue weighted by Gasteiger charge is 2.15. The van der Waals surface area contributed by atoms with Crippen LogP contribution >= 0.6 is 11.3 Å². The third-order valence-electron chi connectivity index (χ3n) is 2.83. The Balaban J connectivity index is 2.11. The molecule has 0 aliphatic rings. The largest absolute Gasteiger partial charge is 0.478 e. The third kappa shape index (κ3) is 4.03. The number of carboxylic acid groups (broad SMARTS) is 1. The van der Waals surface area contributed by atoms with Crippen LogP contribution in [0, 0.1) is 0 Å². The highest BCUT2D eigenvalue weighted by Crippen LogP contribution is 2.28. The molecule has 2 rings (SSSR count). The maximum atomic E-state index is 11.9. The first-order valence-corrected chi connectivity index (χ1v) is 7.32. The Morgan fingerprint density at radius 1 is 1.29 bits per heavy atom. The lowest BCUT2D eigenvalue weighted by atomic mass is 10.2. The van der Waals surface area contributed by atoms with E-state index in [1.165, 1.54) is 17.4 Å². The summed E-state index contributed by atoms with van der Waals surface area (Å²) in [6.45, 7) is 1.94. The monoisotopic (exact) mass is 301 g/mol. The molecule has 21 heavy (non-hydrogen) atoms. The van der Waals surface area contributed by atoms with Crippen LogP contribution in [0.4, 0.5) is 5.00 Å². The van der Waals surface area contributed by atoms with Gasteiger partial charge in [0.1, 0.15) is 5.00 Å². The van der Waals surface area contributed by atoms with Crippen molar-refractivity contribution < 1.29 is 14.7 Å². The molecule has 5 heteroatoms. The Hall–Kier alpha value is -2.40. The van der Waals surface area contributed by atoms with E-state index < -0.39 is 5.97 Å². The number of rotatable bonds is 5. The van der Waals surface area contributed by atoms with Crippen LogP contribution in [-0.4, -0.2) is 17.0 Å². The fourth-order valence-corrected chi connectivity index (χ4v) is 2.75. The maximum Gasteiger partial charge on any atom is 0.338 e. The lowest BCUT2D eigenvalue weighted by Gasteiger charge is -2.00. The summed E-state index contributed by atoms with van der Waals surface area (Å²) in [5, 5.41) is 12.1. The van der Waals surface area contributed by atoms with E-state index in [9.17, 15) is 9.59 Å². The Bertz CT molecular complexity index is 674. The average molecular weight is 301 g/mol. The van der Waals surface area contributed by atoms with Gasteiger partial charge in [-0.2, -0.15) is 0 Å². The highest BCUT2D eigenvalue weighted by atomic mass is 32.1. The van der Waals surface area contributed by atoms with E-state index in [-0.39, 0.29) is 11.5 Å². The van der Waals surface area contributed by atoms with Crippen molar-refractivity contribution in [2.24, 2.45) is 0 Å². The molecule has 0 bridgehead atoms. The van der Waals surface area contributed by atoms with Crippen LogP contribution in [0.3, 0.4) is 0 Å². The van der Waals surface area contributed by atoms with Crippen LogP contribution in [-0.2, 0) is 11.2 Å². The number of hydrogen-bond donors (Lipinski definition) is 2.